The molecule has 30 heavy (non-hydrogen) atoms. The second kappa shape index (κ2) is 12.6. The molecule has 0 aromatic heterocycles. The fourth-order valence-corrected chi connectivity index (χ4v) is 17.9. The Labute approximate surface area is 206 Å². The molecule has 14 heteroatoms. The molecule has 0 aromatic rings. The Morgan fingerprint density at radius 2 is 1.17 bits per heavy atom. The molecule has 0 spiro atoms. The van der Waals surface area contributed by atoms with Crippen LogP contribution in [0, 0.1) is 0 Å². The van der Waals surface area contributed by atoms with E-state index in [1.54, 1.807) is 0 Å². The highest BCUT2D eigenvalue weighted by atomic mass is 35.7. The lowest BCUT2D eigenvalue weighted by atomic mass is 10.1. The van der Waals surface area contributed by atoms with Crippen LogP contribution in [0.25, 0.3) is 0 Å². The van der Waals surface area contributed by atoms with Crippen molar-refractivity contribution in [3.05, 3.63) is 0 Å². The highest BCUT2D eigenvalue weighted by Gasteiger charge is 2.68. The molecule has 5 nitrogen and oxygen atoms in total. The van der Waals surface area contributed by atoms with Crippen LogP contribution in [0.2, 0.25) is 77.1 Å². The van der Waals surface area contributed by atoms with Gasteiger partial charge in [0.15, 0.2) is 19.6 Å². The maximum Gasteiger partial charge on any atom is 0.365 e. The molecule has 175 valence electrons. The molecule has 0 saturated carbocycles. The van der Waals surface area contributed by atoms with Crippen LogP contribution in [0.4, 0.5) is 0 Å². The quantitative estimate of drug-likeness (QED) is 0.160. The molecule has 0 bridgehead atoms. The normalized spacial score (nSPS) is 16.4. The maximum atomic E-state index is 7.33. The lowest BCUT2D eigenvalue weighted by molar-refractivity contribution is -0.102. The molecule has 0 N–H and O–H groups in total. The van der Waals surface area contributed by atoms with Gasteiger partial charge in [0.05, 0.1) is 0 Å². The zero-order valence-corrected chi connectivity index (χ0v) is 29.1. The Morgan fingerprint density at radius 3 is 1.43 bits per heavy atom. The van der Waals surface area contributed by atoms with E-state index >= 15 is 0 Å². The van der Waals surface area contributed by atoms with Gasteiger partial charge in [-0.05, 0) is 72.0 Å². The Kier molecular flexibility index (Phi) is 13.4. The van der Waals surface area contributed by atoms with Gasteiger partial charge in [-0.3, -0.25) is 0 Å². The fraction of sp³-hybridized carbons (Fsp3) is 1.00. The van der Waals surface area contributed by atoms with Crippen molar-refractivity contribution in [1.29, 1.82) is 0 Å². The summed E-state index contributed by atoms with van der Waals surface area (Å²) in [6, 6.07) is 0. The molecule has 7 radical (unpaired) electrons. The first kappa shape index (κ1) is 31.9. The van der Waals surface area contributed by atoms with Crippen molar-refractivity contribution < 1.29 is 22.1 Å². The fourth-order valence-electron chi connectivity index (χ4n) is 2.54. The summed E-state index contributed by atoms with van der Waals surface area (Å²) in [6.07, 6.45) is 0. The third kappa shape index (κ3) is 9.64. The highest BCUT2D eigenvalue weighted by molar-refractivity contribution is 7.47. The molecule has 1 atom stereocenters. The van der Waals surface area contributed by atoms with E-state index in [4.69, 9.17) is 44.3 Å². The summed E-state index contributed by atoms with van der Waals surface area (Å²) in [6.45, 7) is 21.7. The van der Waals surface area contributed by atoms with E-state index in [0.29, 0.717) is 6.61 Å². The summed E-state index contributed by atoms with van der Waals surface area (Å²) in [7, 11) is -2.62. The van der Waals surface area contributed by atoms with Crippen LogP contribution in [0.5, 0.6) is 0 Å². The van der Waals surface area contributed by atoms with Crippen molar-refractivity contribution in [2.24, 2.45) is 0 Å². The molecule has 0 saturated heterocycles. The van der Waals surface area contributed by atoms with Gasteiger partial charge in [-0.25, -0.2) is 0 Å². The average Bonchev–Trinajstić information content (AvgIpc) is 2.49. The average molecular weight is 579 g/mol. The zero-order chi connectivity index (χ0) is 24.1. The summed E-state index contributed by atoms with van der Waals surface area (Å²) in [5, 5.41) is -0.791. The van der Waals surface area contributed by atoms with Gasteiger partial charge in [0.2, 0.25) is 36.2 Å². The van der Waals surface area contributed by atoms with Crippen LogP contribution >= 0.6 is 22.2 Å². The molecule has 0 aromatic carbocycles. The number of hydrogen-bond acceptors (Lipinski definition) is 5. The van der Waals surface area contributed by atoms with E-state index in [2.05, 4.69) is 56.1 Å². The van der Waals surface area contributed by atoms with Gasteiger partial charge in [-0.15, -0.1) is 22.2 Å². The van der Waals surface area contributed by atoms with Gasteiger partial charge in [-0.2, -0.15) is 0 Å². The Balaban J connectivity index is 6.63. The topological polar surface area (TPSA) is 46.2 Å². The lowest BCUT2D eigenvalue weighted by Crippen LogP contribution is -2.71. The first-order chi connectivity index (χ1) is 13.3. The van der Waals surface area contributed by atoms with E-state index in [-0.39, 0.29) is 0 Å². The van der Waals surface area contributed by atoms with Crippen molar-refractivity contribution in [2.45, 2.75) is 95.3 Å². The van der Waals surface area contributed by atoms with E-state index in [1.165, 1.54) is 0 Å². The Hall–Kier alpha value is 1.90. The summed E-state index contributed by atoms with van der Waals surface area (Å²) < 4.78 is 32.1. The summed E-state index contributed by atoms with van der Waals surface area (Å²) in [5.41, 5.74) is -1.30. The van der Waals surface area contributed by atoms with E-state index in [0.717, 1.165) is 0 Å². The van der Waals surface area contributed by atoms with Gasteiger partial charge in [0.25, 0.3) is 0 Å². The van der Waals surface area contributed by atoms with E-state index in [9.17, 15) is 0 Å². The summed E-state index contributed by atoms with van der Waals surface area (Å²) >= 11 is 14.7. The number of hydrogen-bond donors (Lipinski definition) is 0. The van der Waals surface area contributed by atoms with Crippen LogP contribution in [-0.2, 0) is 22.1 Å². The minimum atomic E-state index is -3.55. The maximum absolute atomic E-state index is 7.33. The molecule has 0 amide bonds. The van der Waals surface area contributed by atoms with Gasteiger partial charge in [-0.1, -0.05) is 6.92 Å². The monoisotopic (exact) mass is 577 g/mol. The summed E-state index contributed by atoms with van der Waals surface area (Å²) in [5.74, 6) is -0.751. The molecular formula is C16H39Cl2O5Si7. The van der Waals surface area contributed by atoms with Crippen LogP contribution in [0.1, 0.15) is 6.92 Å². The minimum absolute atomic E-state index is 0.358. The third-order valence-corrected chi connectivity index (χ3v) is 14.0. The van der Waals surface area contributed by atoms with Crippen molar-refractivity contribution in [3.8, 4) is 0 Å². The highest BCUT2D eigenvalue weighted by Crippen LogP contribution is 2.52. The lowest BCUT2D eigenvalue weighted by Gasteiger charge is -2.54. The third-order valence-electron chi connectivity index (χ3n) is 3.64. The van der Waals surface area contributed by atoms with Crippen LogP contribution in [0.15, 0.2) is 0 Å². The predicted molar refractivity (Wildman–Crippen MR) is 142 cm³/mol. The first-order valence-corrected chi connectivity index (χ1v) is 27.6. The van der Waals surface area contributed by atoms with E-state index in [1.807, 2.05) is 33.1 Å². The second-order valence-corrected chi connectivity index (χ2v) is 29.7. The number of halogens is 2. The van der Waals surface area contributed by atoms with Gasteiger partial charge >= 0.3 is 6.69 Å². The van der Waals surface area contributed by atoms with Crippen molar-refractivity contribution in [3.63, 3.8) is 0 Å². The Morgan fingerprint density at radius 1 is 0.800 bits per heavy atom. The molecule has 0 rings (SSSR count). The molecule has 0 aliphatic heterocycles. The Bertz CT molecular complexity index is 497. The molecular weight excluding hydrogens is 540 g/mol. The zero-order valence-electron chi connectivity index (χ0n) is 20.6. The molecule has 0 aliphatic rings. The van der Waals surface area contributed by atoms with Crippen molar-refractivity contribution >= 4 is 83.6 Å². The van der Waals surface area contributed by atoms with Crippen molar-refractivity contribution in [2.75, 3.05) is 6.61 Å². The van der Waals surface area contributed by atoms with Gasteiger partial charge in [0.1, 0.15) is 0 Å². The van der Waals surface area contributed by atoms with Crippen LogP contribution in [-0.4, -0.2) is 79.3 Å². The van der Waals surface area contributed by atoms with Gasteiger partial charge < -0.3 is 22.1 Å². The smallest absolute Gasteiger partial charge is 0.365 e. The molecule has 1 unspecified atom stereocenters. The molecule has 0 fully saturated rings. The minimum Gasteiger partial charge on any atom is -0.417 e. The van der Waals surface area contributed by atoms with E-state index < -0.39 is 67.5 Å². The predicted octanol–water partition coefficient (Wildman–Crippen LogP) is 5.28. The molecule has 0 heterocycles. The largest absolute Gasteiger partial charge is 0.417 e. The second-order valence-electron chi connectivity index (χ2n) is 9.38. The SMILES string of the molecule is C[Si](C)OC(O[Si](C)C)[Si](Cl)(Cl)C(O[Si](C)C)(O[Si](C)C)C(C)([Si])CO[Si](C)(C)C. The first-order valence-electron chi connectivity index (χ1n) is 9.96. The summed E-state index contributed by atoms with van der Waals surface area (Å²) in [4.78, 5) is 0. The van der Waals surface area contributed by atoms with Crippen LogP contribution < -0.4 is 0 Å². The van der Waals surface area contributed by atoms with Crippen LogP contribution in [0.3, 0.4) is 0 Å². The van der Waals surface area contributed by atoms with Crippen molar-refractivity contribution in [1.82, 2.24) is 0 Å². The standard InChI is InChI=1S/C16H39Cl2O5Si7/c1-15(24,13-19-29(10,11)12)16(22-27(6)7,23-28(8)9)30(17,18)14(20-25(2)3)21-26(4)5/h14H,13H2,1-12H3. The number of rotatable bonds is 14. The van der Waals surface area contributed by atoms with Gasteiger partial charge in [0, 0.05) is 21.9 Å². The molecule has 0 aliphatic carbocycles.